The Morgan fingerprint density at radius 1 is 1.28 bits per heavy atom. The first-order valence-electron chi connectivity index (χ1n) is 8.96. The van der Waals surface area contributed by atoms with Crippen molar-refractivity contribution in [1.82, 2.24) is 14.8 Å². The molecule has 1 amide bonds. The van der Waals surface area contributed by atoms with Gasteiger partial charge in [0.15, 0.2) is 11.0 Å². The van der Waals surface area contributed by atoms with Gasteiger partial charge in [-0.1, -0.05) is 35.5 Å². The molecule has 0 saturated carbocycles. The number of nitrogens with one attached hydrogen (secondary N) is 1. The van der Waals surface area contributed by atoms with Crippen LogP contribution >= 0.6 is 23.4 Å². The lowest BCUT2D eigenvalue weighted by molar-refractivity contribution is -0.113. The lowest BCUT2D eigenvalue weighted by Crippen LogP contribution is -2.15. The molecule has 0 unspecified atom stereocenters. The Hall–Kier alpha value is -2.58. The zero-order valence-corrected chi connectivity index (χ0v) is 17.6. The van der Waals surface area contributed by atoms with E-state index in [1.165, 1.54) is 23.9 Å². The summed E-state index contributed by atoms with van der Waals surface area (Å²) in [6.07, 6.45) is 0. The quantitative estimate of drug-likeness (QED) is 0.520. The third-order valence-electron chi connectivity index (χ3n) is 4.08. The number of para-hydroxylation sites is 1. The molecular weight excluding hydrogens is 415 g/mol. The van der Waals surface area contributed by atoms with Crippen molar-refractivity contribution in [2.24, 2.45) is 0 Å². The maximum Gasteiger partial charge on any atom is 0.234 e. The SMILES string of the molecule is CCn1c(COc2ccc(Cl)cc2C)nnc1SCC(=O)Nc1ccccc1F. The number of thioether (sulfide) groups is 1. The van der Waals surface area contributed by atoms with Crippen LogP contribution in [0.1, 0.15) is 18.3 Å². The Kier molecular flexibility index (Phi) is 7.11. The largest absolute Gasteiger partial charge is 0.485 e. The van der Waals surface area contributed by atoms with Crippen molar-refractivity contribution in [3.63, 3.8) is 0 Å². The summed E-state index contributed by atoms with van der Waals surface area (Å²) in [5.41, 5.74) is 1.09. The number of carbonyl (C=O) groups is 1. The highest BCUT2D eigenvalue weighted by Gasteiger charge is 2.15. The standard InChI is InChI=1S/C20H20ClFN4O2S/c1-3-26-18(11-28-17-9-8-14(21)10-13(17)2)24-25-20(26)29-12-19(27)23-16-7-5-4-6-15(16)22/h4-10H,3,11-12H2,1-2H3,(H,23,27). The monoisotopic (exact) mass is 434 g/mol. The second-order valence-electron chi connectivity index (χ2n) is 6.16. The molecule has 3 rings (SSSR count). The predicted molar refractivity (Wildman–Crippen MR) is 112 cm³/mol. The van der Waals surface area contributed by atoms with Crippen molar-refractivity contribution in [1.29, 1.82) is 0 Å². The minimum Gasteiger partial charge on any atom is -0.485 e. The molecule has 152 valence electrons. The molecule has 29 heavy (non-hydrogen) atoms. The van der Waals surface area contributed by atoms with Crippen molar-refractivity contribution < 1.29 is 13.9 Å². The van der Waals surface area contributed by atoms with Gasteiger partial charge in [0, 0.05) is 11.6 Å². The number of anilines is 1. The lowest BCUT2D eigenvalue weighted by Gasteiger charge is -2.11. The van der Waals surface area contributed by atoms with Gasteiger partial charge in [0.05, 0.1) is 11.4 Å². The van der Waals surface area contributed by atoms with Gasteiger partial charge >= 0.3 is 0 Å². The summed E-state index contributed by atoms with van der Waals surface area (Å²) < 4.78 is 21.4. The van der Waals surface area contributed by atoms with Gasteiger partial charge in [0.25, 0.3) is 0 Å². The van der Waals surface area contributed by atoms with Gasteiger partial charge in [-0.3, -0.25) is 4.79 Å². The van der Waals surface area contributed by atoms with Crippen molar-refractivity contribution in [3.05, 3.63) is 64.7 Å². The number of hydrogen-bond acceptors (Lipinski definition) is 5. The molecule has 9 heteroatoms. The topological polar surface area (TPSA) is 69.0 Å². The van der Waals surface area contributed by atoms with E-state index in [2.05, 4.69) is 15.5 Å². The maximum absolute atomic E-state index is 13.6. The Morgan fingerprint density at radius 3 is 2.79 bits per heavy atom. The van der Waals surface area contributed by atoms with Crippen LogP contribution in [0.25, 0.3) is 0 Å². The Morgan fingerprint density at radius 2 is 2.07 bits per heavy atom. The molecule has 2 aromatic carbocycles. The van der Waals surface area contributed by atoms with Crippen molar-refractivity contribution in [3.8, 4) is 5.75 Å². The number of nitrogens with zero attached hydrogens (tertiary/aromatic N) is 3. The van der Waals surface area contributed by atoms with Crippen molar-refractivity contribution in [2.75, 3.05) is 11.1 Å². The molecule has 3 aromatic rings. The van der Waals surface area contributed by atoms with E-state index < -0.39 is 5.82 Å². The van der Waals surface area contributed by atoms with Crippen LogP contribution in [-0.4, -0.2) is 26.4 Å². The van der Waals surface area contributed by atoms with Crippen molar-refractivity contribution >= 4 is 35.0 Å². The Bertz CT molecular complexity index is 1010. The average Bonchev–Trinajstić information content (AvgIpc) is 3.09. The third kappa shape index (κ3) is 5.48. The fourth-order valence-corrected chi connectivity index (χ4v) is 3.69. The van der Waals surface area contributed by atoms with Gasteiger partial charge in [-0.2, -0.15) is 0 Å². The summed E-state index contributed by atoms with van der Waals surface area (Å²) in [6.45, 7) is 4.75. The first-order chi connectivity index (χ1) is 14.0. The van der Waals surface area contributed by atoms with Gasteiger partial charge in [-0.05, 0) is 49.7 Å². The molecule has 1 heterocycles. The fourth-order valence-electron chi connectivity index (χ4n) is 2.65. The van der Waals surface area contributed by atoms with Crippen LogP contribution in [-0.2, 0) is 17.9 Å². The summed E-state index contributed by atoms with van der Waals surface area (Å²) in [6, 6.07) is 11.5. The molecule has 0 fully saturated rings. The van der Waals surface area contributed by atoms with Gasteiger partial charge < -0.3 is 14.6 Å². The minimum atomic E-state index is -0.473. The first-order valence-corrected chi connectivity index (χ1v) is 10.3. The molecular formula is C20H20ClFN4O2S. The van der Waals surface area contributed by atoms with Gasteiger partial charge in [0.1, 0.15) is 18.2 Å². The smallest absolute Gasteiger partial charge is 0.234 e. The van der Waals surface area contributed by atoms with Crippen LogP contribution in [0.5, 0.6) is 5.75 Å². The number of halogens is 2. The number of amides is 1. The number of carbonyl (C=O) groups excluding carboxylic acids is 1. The van der Waals surface area contributed by atoms with Crippen LogP contribution in [0.3, 0.4) is 0 Å². The Balaban J connectivity index is 1.60. The second-order valence-corrected chi connectivity index (χ2v) is 7.54. The van der Waals surface area contributed by atoms with E-state index in [1.54, 1.807) is 18.2 Å². The zero-order chi connectivity index (χ0) is 20.8. The molecule has 6 nitrogen and oxygen atoms in total. The first kappa shape index (κ1) is 21.1. The van der Waals surface area contributed by atoms with Crippen molar-refractivity contribution in [2.45, 2.75) is 32.2 Å². The van der Waals surface area contributed by atoms with Crippen LogP contribution in [0, 0.1) is 12.7 Å². The zero-order valence-electron chi connectivity index (χ0n) is 16.0. The number of aryl methyl sites for hydroxylation is 1. The van der Waals surface area contributed by atoms with Crippen LogP contribution in [0.2, 0.25) is 5.02 Å². The highest BCUT2D eigenvalue weighted by molar-refractivity contribution is 7.99. The third-order valence-corrected chi connectivity index (χ3v) is 5.29. The van der Waals surface area contributed by atoms with Gasteiger partial charge in [-0.25, -0.2) is 4.39 Å². The van der Waals surface area contributed by atoms with E-state index >= 15 is 0 Å². The number of aromatic nitrogens is 3. The highest BCUT2D eigenvalue weighted by atomic mass is 35.5. The summed E-state index contributed by atoms with van der Waals surface area (Å²) >= 11 is 7.20. The van der Waals surface area contributed by atoms with E-state index in [0.29, 0.717) is 22.5 Å². The van der Waals surface area contributed by atoms with Gasteiger partial charge in [-0.15, -0.1) is 10.2 Å². The number of ether oxygens (including phenoxy) is 1. The summed E-state index contributed by atoms with van der Waals surface area (Å²) in [7, 11) is 0. The molecule has 1 N–H and O–H groups in total. The van der Waals surface area contributed by atoms with E-state index in [4.69, 9.17) is 16.3 Å². The summed E-state index contributed by atoms with van der Waals surface area (Å²) in [5, 5.41) is 12.1. The molecule has 0 aliphatic heterocycles. The molecule has 0 saturated heterocycles. The predicted octanol–water partition coefficient (Wildman–Crippen LogP) is 4.71. The van der Waals surface area contributed by atoms with E-state index in [0.717, 1.165) is 11.3 Å². The summed E-state index contributed by atoms with van der Waals surface area (Å²) in [4.78, 5) is 12.1. The van der Waals surface area contributed by atoms with E-state index in [1.807, 2.05) is 30.5 Å². The molecule has 1 aromatic heterocycles. The van der Waals surface area contributed by atoms with Crippen LogP contribution in [0.4, 0.5) is 10.1 Å². The van der Waals surface area contributed by atoms with Gasteiger partial charge in [0.2, 0.25) is 5.91 Å². The molecule has 0 aliphatic rings. The minimum absolute atomic E-state index is 0.0869. The molecule has 0 bridgehead atoms. The molecule has 0 atom stereocenters. The maximum atomic E-state index is 13.6. The van der Waals surface area contributed by atoms with E-state index in [-0.39, 0.29) is 24.0 Å². The lowest BCUT2D eigenvalue weighted by atomic mass is 10.2. The van der Waals surface area contributed by atoms with E-state index in [9.17, 15) is 9.18 Å². The number of hydrogen-bond donors (Lipinski definition) is 1. The number of benzene rings is 2. The highest BCUT2D eigenvalue weighted by Crippen LogP contribution is 2.24. The molecule has 0 spiro atoms. The summed E-state index contributed by atoms with van der Waals surface area (Å²) in [5.74, 6) is 0.668. The second kappa shape index (κ2) is 9.76. The normalized spacial score (nSPS) is 10.8. The number of rotatable bonds is 8. The van der Waals surface area contributed by atoms with Crippen LogP contribution < -0.4 is 10.1 Å². The average molecular weight is 435 g/mol. The fraction of sp³-hybridized carbons (Fsp3) is 0.250. The molecule has 0 aliphatic carbocycles. The van der Waals surface area contributed by atoms with Crippen LogP contribution in [0.15, 0.2) is 47.6 Å². The molecule has 0 radical (unpaired) electrons. The Labute approximate surface area is 177 Å².